The Morgan fingerprint density at radius 2 is 1.90 bits per heavy atom. The Kier molecular flexibility index (Phi) is 5.64. The van der Waals surface area contributed by atoms with Gasteiger partial charge in [-0.25, -0.2) is 4.98 Å². The number of ether oxygens (including phenoxy) is 2. The lowest BCUT2D eigenvalue weighted by atomic mass is 10.0. The van der Waals surface area contributed by atoms with Gasteiger partial charge in [0, 0.05) is 12.0 Å². The molecule has 1 amide bonds. The number of benzene rings is 2. The van der Waals surface area contributed by atoms with Crippen LogP contribution in [0.4, 0.5) is 19.1 Å². The van der Waals surface area contributed by atoms with Gasteiger partial charge in [0.2, 0.25) is 11.8 Å². The number of nitrogens with two attached hydrogens (primary N) is 1. The molecule has 31 heavy (non-hydrogen) atoms. The zero-order valence-corrected chi connectivity index (χ0v) is 16.3. The molecule has 1 fully saturated rings. The van der Waals surface area contributed by atoms with E-state index < -0.39 is 18.6 Å². The molecule has 0 unspecified atom stereocenters. The third-order valence-corrected chi connectivity index (χ3v) is 4.77. The number of nitrogens with zero attached hydrogens (tertiary/aromatic N) is 2. The highest BCUT2D eigenvalue weighted by Gasteiger charge is 2.28. The van der Waals surface area contributed by atoms with Crippen molar-refractivity contribution >= 4 is 22.8 Å². The lowest BCUT2D eigenvalue weighted by molar-refractivity contribution is -0.123. The molecule has 2 aromatic carbocycles. The molecule has 1 atom stereocenters. The summed E-state index contributed by atoms with van der Waals surface area (Å²) in [4.78, 5) is 20.3. The largest absolute Gasteiger partial charge is 0.471 e. The fourth-order valence-electron chi connectivity index (χ4n) is 3.25. The van der Waals surface area contributed by atoms with E-state index in [1.807, 2.05) is 17.4 Å². The van der Waals surface area contributed by atoms with Crippen LogP contribution in [0.5, 0.6) is 5.88 Å². The summed E-state index contributed by atoms with van der Waals surface area (Å²) in [5, 5.41) is 2.52. The number of amides is 1. The molecule has 4 rings (SSSR count). The molecule has 0 spiro atoms. The SMILES string of the molecule is Nc1nc(O[C@@H]2CCOC2)c2cc(-c3ccc(C(=O)NCC(F)(F)F)cc3)ccc2n1. The minimum absolute atomic E-state index is 0.100. The van der Waals surface area contributed by atoms with E-state index in [4.69, 9.17) is 15.2 Å². The van der Waals surface area contributed by atoms with Gasteiger partial charge in [-0.3, -0.25) is 4.79 Å². The average Bonchev–Trinajstić information content (AvgIpc) is 3.24. The zero-order chi connectivity index (χ0) is 22.0. The standard InChI is InChI=1S/C21H19F3N4O3/c22-21(23,24)11-26-18(29)13-3-1-12(2-4-13)14-5-6-17-16(9-14)19(28-20(25)27-17)31-15-7-8-30-10-15/h1-6,9,15H,7-8,10-11H2,(H,26,29)(H2,25,27,28)/t15-/m1/s1. The van der Waals surface area contributed by atoms with Crippen molar-refractivity contribution < 1.29 is 27.4 Å². The highest BCUT2D eigenvalue weighted by Crippen LogP contribution is 2.30. The van der Waals surface area contributed by atoms with E-state index in [-0.39, 0.29) is 17.6 Å². The van der Waals surface area contributed by atoms with E-state index >= 15 is 0 Å². The van der Waals surface area contributed by atoms with E-state index in [9.17, 15) is 18.0 Å². The van der Waals surface area contributed by atoms with E-state index in [1.165, 1.54) is 12.1 Å². The Morgan fingerprint density at radius 1 is 1.16 bits per heavy atom. The molecule has 3 aromatic rings. The number of fused-ring (bicyclic) bond motifs is 1. The van der Waals surface area contributed by atoms with Crippen molar-refractivity contribution in [1.82, 2.24) is 15.3 Å². The number of carbonyl (C=O) groups is 1. The van der Waals surface area contributed by atoms with Gasteiger partial charge >= 0.3 is 6.18 Å². The summed E-state index contributed by atoms with van der Waals surface area (Å²) in [5.74, 6) is -0.327. The molecule has 7 nitrogen and oxygen atoms in total. The first kappa shape index (κ1) is 20.9. The molecule has 10 heteroatoms. The molecule has 1 aromatic heterocycles. The highest BCUT2D eigenvalue weighted by molar-refractivity contribution is 5.95. The second kappa shape index (κ2) is 8.38. The molecule has 1 aliphatic heterocycles. The normalized spacial score (nSPS) is 16.4. The molecular formula is C21H19F3N4O3. The number of alkyl halides is 3. The third kappa shape index (κ3) is 5.02. The lowest BCUT2D eigenvalue weighted by Gasteiger charge is -2.14. The van der Waals surface area contributed by atoms with Crippen molar-refractivity contribution in [3.63, 3.8) is 0 Å². The maximum Gasteiger partial charge on any atom is 0.405 e. The Bertz CT molecular complexity index is 1100. The summed E-state index contributed by atoms with van der Waals surface area (Å²) >= 11 is 0. The molecule has 0 radical (unpaired) electrons. The van der Waals surface area contributed by atoms with E-state index in [0.29, 0.717) is 30.0 Å². The van der Waals surface area contributed by atoms with Gasteiger partial charge in [0.15, 0.2) is 0 Å². The second-order valence-corrected chi connectivity index (χ2v) is 7.10. The summed E-state index contributed by atoms with van der Waals surface area (Å²) < 4.78 is 48.1. The Balaban J connectivity index is 1.59. The van der Waals surface area contributed by atoms with Gasteiger partial charge in [-0.05, 0) is 35.4 Å². The number of carbonyl (C=O) groups excluding carboxylic acids is 1. The monoisotopic (exact) mass is 432 g/mol. The number of halogens is 3. The molecular weight excluding hydrogens is 413 g/mol. The molecule has 0 saturated carbocycles. The minimum Gasteiger partial charge on any atom is -0.471 e. The van der Waals surface area contributed by atoms with Gasteiger partial charge in [-0.2, -0.15) is 18.2 Å². The maximum atomic E-state index is 12.3. The van der Waals surface area contributed by atoms with E-state index in [2.05, 4.69) is 9.97 Å². The van der Waals surface area contributed by atoms with Crippen molar-refractivity contribution in [3.8, 4) is 17.0 Å². The van der Waals surface area contributed by atoms with Crippen molar-refractivity contribution in [2.75, 3.05) is 25.5 Å². The van der Waals surface area contributed by atoms with Crippen molar-refractivity contribution in [1.29, 1.82) is 0 Å². The maximum absolute atomic E-state index is 12.3. The van der Waals surface area contributed by atoms with Gasteiger partial charge < -0.3 is 20.5 Å². The van der Waals surface area contributed by atoms with Crippen LogP contribution < -0.4 is 15.8 Å². The molecule has 3 N–H and O–H groups in total. The van der Waals surface area contributed by atoms with E-state index in [0.717, 1.165) is 17.5 Å². The number of hydrogen-bond acceptors (Lipinski definition) is 6. The highest BCUT2D eigenvalue weighted by atomic mass is 19.4. The minimum atomic E-state index is -4.46. The van der Waals surface area contributed by atoms with Gasteiger partial charge in [0.05, 0.1) is 24.1 Å². The number of aromatic nitrogens is 2. The van der Waals surface area contributed by atoms with E-state index in [1.54, 1.807) is 18.2 Å². The fourth-order valence-corrected chi connectivity index (χ4v) is 3.25. The van der Waals surface area contributed by atoms with Crippen LogP contribution in [0.3, 0.4) is 0 Å². The topological polar surface area (TPSA) is 99.4 Å². The van der Waals surface area contributed by atoms with Gasteiger partial charge in [0.25, 0.3) is 5.91 Å². The number of nitrogen functional groups attached to an aromatic ring is 1. The average molecular weight is 432 g/mol. The van der Waals surface area contributed by atoms with Crippen molar-refractivity contribution in [2.24, 2.45) is 0 Å². The summed E-state index contributed by atoms with van der Waals surface area (Å²) in [5.41, 5.74) is 8.12. The Labute approximate surface area is 175 Å². The molecule has 0 aliphatic carbocycles. The van der Waals surface area contributed by atoms with Crippen LogP contribution in [-0.4, -0.2) is 47.9 Å². The van der Waals surface area contributed by atoms with Crippen LogP contribution in [0.2, 0.25) is 0 Å². The number of rotatable bonds is 5. The Morgan fingerprint density at radius 3 is 2.58 bits per heavy atom. The first-order valence-corrected chi connectivity index (χ1v) is 9.55. The van der Waals surface area contributed by atoms with Gasteiger partial charge in [-0.15, -0.1) is 0 Å². The summed E-state index contributed by atoms with van der Waals surface area (Å²) in [6.07, 6.45) is -3.82. The Hall–Kier alpha value is -3.40. The number of nitrogens with one attached hydrogen (secondary N) is 1. The van der Waals surface area contributed by atoms with Crippen LogP contribution in [0.1, 0.15) is 16.8 Å². The quantitative estimate of drug-likeness (QED) is 0.642. The van der Waals surface area contributed by atoms with Gasteiger partial charge in [0.1, 0.15) is 12.6 Å². The smallest absolute Gasteiger partial charge is 0.405 e. The molecule has 0 bridgehead atoms. The zero-order valence-electron chi connectivity index (χ0n) is 16.3. The predicted molar refractivity (Wildman–Crippen MR) is 108 cm³/mol. The molecule has 1 aliphatic rings. The van der Waals surface area contributed by atoms with Crippen LogP contribution in [0.15, 0.2) is 42.5 Å². The molecule has 2 heterocycles. The summed E-state index contributed by atoms with van der Waals surface area (Å²) in [6, 6.07) is 11.7. The lowest BCUT2D eigenvalue weighted by Crippen LogP contribution is -2.33. The number of hydrogen-bond donors (Lipinski definition) is 2. The summed E-state index contributed by atoms with van der Waals surface area (Å²) in [6.45, 7) is -0.281. The van der Waals surface area contributed by atoms with Crippen LogP contribution in [0, 0.1) is 0 Å². The predicted octanol–water partition coefficient (Wildman–Crippen LogP) is 3.34. The second-order valence-electron chi connectivity index (χ2n) is 7.10. The van der Waals surface area contributed by atoms with Crippen molar-refractivity contribution in [3.05, 3.63) is 48.0 Å². The first-order valence-electron chi connectivity index (χ1n) is 9.55. The van der Waals surface area contributed by atoms with Crippen molar-refractivity contribution in [2.45, 2.75) is 18.7 Å². The fraction of sp³-hybridized carbons (Fsp3) is 0.286. The number of anilines is 1. The van der Waals surface area contributed by atoms with Crippen LogP contribution in [-0.2, 0) is 4.74 Å². The summed E-state index contributed by atoms with van der Waals surface area (Å²) in [7, 11) is 0. The van der Waals surface area contributed by atoms with Crippen LogP contribution >= 0.6 is 0 Å². The molecule has 1 saturated heterocycles. The van der Waals surface area contributed by atoms with Gasteiger partial charge in [-0.1, -0.05) is 18.2 Å². The van der Waals surface area contributed by atoms with Crippen LogP contribution in [0.25, 0.3) is 22.0 Å². The first-order chi connectivity index (χ1) is 14.8. The third-order valence-electron chi connectivity index (χ3n) is 4.77. The molecule has 162 valence electrons.